The van der Waals surface area contributed by atoms with Crippen molar-refractivity contribution >= 4 is 29.1 Å². The van der Waals surface area contributed by atoms with E-state index in [1.54, 1.807) is 30.3 Å². The summed E-state index contributed by atoms with van der Waals surface area (Å²) in [5.41, 5.74) is -4.13. The monoisotopic (exact) mass is 486 g/mol. The number of thioether (sulfide) groups is 1. The van der Waals surface area contributed by atoms with Gasteiger partial charge in [-0.25, -0.2) is 13.8 Å². The molecule has 32 heavy (non-hydrogen) atoms. The van der Waals surface area contributed by atoms with Crippen LogP contribution >= 0.6 is 23.4 Å². The molecule has 11 heteroatoms. The summed E-state index contributed by atoms with van der Waals surface area (Å²) in [5.74, 6) is -1.32. The maximum absolute atomic E-state index is 14.7. The van der Waals surface area contributed by atoms with Crippen molar-refractivity contribution < 1.29 is 22.4 Å². The Balaban J connectivity index is 2.17. The molecule has 0 spiro atoms. The van der Waals surface area contributed by atoms with Gasteiger partial charge in [-0.1, -0.05) is 41.9 Å². The summed E-state index contributed by atoms with van der Waals surface area (Å²) < 4.78 is 54.4. The van der Waals surface area contributed by atoms with E-state index in [2.05, 4.69) is 0 Å². The van der Waals surface area contributed by atoms with Crippen molar-refractivity contribution in [1.29, 1.82) is 0 Å². The number of alkyl halides is 3. The minimum absolute atomic E-state index is 0.0878. The van der Waals surface area contributed by atoms with Crippen molar-refractivity contribution in [2.75, 3.05) is 0 Å². The second-order valence-electron chi connectivity index (χ2n) is 6.80. The lowest BCUT2D eigenvalue weighted by Crippen LogP contribution is -2.41. The molecule has 5 nitrogen and oxygen atoms in total. The number of halogens is 5. The number of benzene rings is 2. The van der Waals surface area contributed by atoms with E-state index in [0.717, 1.165) is 30.9 Å². The first-order valence-corrected chi connectivity index (χ1v) is 10.3. The van der Waals surface area contributed by atoms with Crippen LogP contribution in [0.5, 0.6) is 0 Å². The number of hydrogen-bond acceptors (Lipinski definition) is 4. The molecule has 3 rings (SSSR count). The number of carbonyl (C=O) groups excluding carboxylic acids is 1. The lowest BCUT2D eigenvalue weighted by atomic mass is 10.1. The van der Waals surface area contributed by atoms with Crippen LogP contribution in [0.2, 0.25) is 5.02 Å². The van der Waals surface area contributed by atoms with E-state index in [4.69, 9.17) is 11.6 Å². The van der Waals surface area contributed by atoms with Gasteiger partial charge in [0.05, 0.1) is 16.0 Å². The highest BCUT2D eigenvalue weighted by Crippen LogP contribution is 2.40. The lowest BCUT2D eigenvalue weighted by molar-refractivity contribution is -0.144. The van der Waals surface area contributed by atoms with Crippen molar-refractivity contribution in [3.05, 3.63) is 91.5 Å². The summed E-state index contributed by atoms with van der Waals surface area (Å²) in [6.07, 6.45) is -4.95. The maximum Gasteiger partial charge on any atom is 0.431 e. The van der Waals surface area contributed by atoms with Crippen LogP contribution in [0.3, 0.4) is 0 Å². The third kappa shape index (κ3) is 4.66. The molecular weight excluding hydrogens is 472 g/mol. The van der Waals surface area contributed by atoms with E-state index in [0.29, 0.717) is 5.56 Å². The van der Waals surface area contributed by atoms with Crippen molar-refractivity contribution in [3.63, 3.8) is 0 Å². The minimum atomic E-state index is -4.95. The van der Waals surface area contributed by atoms with Crippen LogP contribution in [-0.4, -0.2) is 14.9 Å². The fourth-order valence-electron chi connectivity index (χ4n) is 3.04. The molecule has 0 saturated heterocycles. The molecule has 0 amide bonds. The molecule has 0 radical (unpaired) electrons. The van der Waals surface area contributed by atoms with Crippen LogP contribution < -0.4 is 11.2 Å². The molecule has 2 aromatic carbocycles. The number of carbonyl (C=O) groups is 1. The maximum atomic E-state index is 14.7. The number of Topliss-reactive ketones (excluding diaryl/α,β-unsaturated/α-hetero) is 1. The molecule has 1 atom stereocenters. The van der Waals surface area contributed by atoms with Crippen LogP contribution in [0, 0.1) is 5.82 Å². The van der Waals surface area contributed by atoms with Gasteiger partial charge in [0.2, 0.25) is 0 Å². The van der Waals surface area contributed by atoms with E-state index in [1.807, 2.05) is 0 Å². The van der Waals surface area contributed by atoms with E-state index in [1.165, 1.54) is 6.92 Å². The number of ketones is 1. The fourth-order valence-corrected chi connectivity index (χ4v) is 4.39. The predicted molar refractivity (Wildman–Crippen MR) is 113 cm³/mol. The topological polar surface area (TPSA) is 61.1 Å². The number of nitrogens with zero attached hydrogens (tertiary/aromatic N) is 2. The molecule has 0 aliphatic rings. The van der Waals surface area contributed by atoms with Gasteiger partial charge >= 0.3 is 11.9 Å². The summed E-state index contributed by atoms with van der Waals surface area (Å²) >= 11 is 7.09. The van der Waals surface area contributed by atoms with Gasteiger partial charge < -0.3 is 0 Å². The molecule has 0 N–H and O–H groups in total. The van der Waals surface area contributed by atoms with Gasteiger partial charge in [-0.15, -0.1) is 11.8 Å². The lowest BCUT2D eigenvalue weighted by Gasteiger charge is -2.17. The molecule has 0 aliphatic carbocycles. The van der Waals surface area contributed by atoms with Gasteiger partial charge in [-0.3, -0.25) is 14.2 Å². The van der Waals surface area contributed by atoms with Gasteiger partial charge in [0, 0.05) is 18.0 Å². The largest absolute Gasteiger partial charge is 0.431 e. The number of rotatable bonds is 5. The van der Waals surface area contributed by atoms with E-state index in [9.17, 15) is 31.9 Å². The van der Waals surface area contributed by atoms with Crippen molar-refractivity contribution in [3.8, 4) is 5.69 Å². The standard InChI is InChI=1S/C21H15ClF4N2O3S/c1-11(29)19(12-6-4-3-5-7-12)32-16-9-15(14(23)8-13(16)22)28-18(30)10-17(21(24,25)26)27(2)20(28)31/h3-10,19H,1-2H3. The molecule has 0 aliphatic heterocycles. The highest BCUT2D eigenvalue weighted by atomic mass is 35.5. The Morgan fingerprint density at radius 2 is 1.72 bits per heavy atom. The second kappa shape index (κ2) is 8.95. The van der Waals surface area contributed by atoms with E-state index in [-0.39, 0.29) is 30.9 Å². The molecule has 1 heterocycles. The van der Waals surface area contributed by atoms with E-state index < -0.39 is 39.9 Å². The summed E-state index contributed by atoms with van der Waals surface area (Å²) in [7, 11) is 0.825. The highest BCUT2D eigenvalue weighted by molar-refractivity contribution is 8.00. The number of aromatic nitrogens is 2. The average molecular weight is 487 g/mol. The van der Waals surface area contributed by atoms with Crippen molar-refractivity contribution in [2.24, 2.45) is 7.05 Å². The summed E-state index contributed by atoms with van der Waals surface area (Å²) in [4.78, 5) is 37.3. The summed E-state index contributed by atoms with van der Waals surface area (Å²) in [6.45, 7) is 1.36. The van der Waals surface area contributed by atoms with Crippen LogP contribution in [0.4, 0.5) is 17.6 Å². The summed E-state index contributed by atoms with van der Waals surface area (Å²) in [5, 5.41) is -0.811. The zero-order valence-corrected chi connectivity index (χ0v) is 18.2. The van der Waals surface area contributed by atoms with Gasteiger partial charge in [-0.05, 0) is 24.6 Å². The smallest absolute Gasteiger partial charge is 0.298 e. The van der Waals surface area contributed by atoms with Crippen molar-refractivity contribution in [1.82, 2.24) is 9.13 Å². The first-order valence-electron chi connectivity index (χ1n) is 9.03. The Bertz CT molecular complexity index is 1300. The van der Waals surface area contributed by atoms with Gasteiger partial charge in [0.1, 0.15) is 17.3 Å². The Kier molecular flexibility index (Phi) is 6.66. The Hall–Kier alpha value is -2.85. The van der Waals surface area contributed by atoms with Crippen LogP contribution in [0.25, 0.3) is 5.69 Å². The third-order valence-electron chi connectivity index (χ3n) is 4.57. The first kappa shape index (κ1) is 23.8. The fraction of sp³-hybridized carbons (Fsp3) is 0.190. The quantitative estimate of drug-likeness (QED) is 0.385. The minimum Gasteiger partial charge on any atom is -0.298 e. The average Bonchev–Trinajstić information content (AvgIpc) is 2.71. The van der Waals surface area contributed by atoms with Crippen LogP contribution in [-0.2, 0) is 18.0 Å². The van der Waals surface area contributed by atoms with Gasteiger partial charge in [-0.2, -0.15) is 13.2 Å². The third-order valence-corrected chi connectivity index (χ3v) is 6.43. The molecule has 3 aromatic rings. The first-order chi connectivity index (χ1) is 14.9. The Labute approximate surface area is 188 Å². The van der Waals surface area contributed by atoms with Crippen molar-refractivity contribution in [2.45, 2.75) is 23.2 Å². The molecular formula is C21H15ClF4N2O3S. The molecule has 0 bridgehead atoms. The molecule has 0 fully saturated rings. The zero-order valence-electron chi connectivity index (χ0n) is 16.6. The van der Waals surface area contributed by atoms with Crippen LogP contribution in [0.15, 0.2) is 63.0 Å². The zero-order chi connectivity index (χ0) is 23.8. The second-order valence-corrected chi connectivity index (χ2v) is 8.35. The number of hydrogen-bond donors (Lipinski definition) is 0. The van der Waals surface area contributed by atoms with Crippen LogP contribution in [0.1, 0.15) is 23.4 Å². The molecule has 1 unspecified atom stereocenters. The normalized spacial score (nSPS) is 12.6. The van der Waals surface area contributed by atoms with Gasteiger partial charge in [0.25, 0.3) is 5.56 Å². The van der Waals surface area contributed by atoms with Gasteiger partial charge in [0.15, 0.2) is 0 Å². The Morgan fingerprint density at radius 1 is 1.09 bits per heavy atom. The SMILES string of the molecule is CC(=O)C(Sc1cc(-n2c(=O)cc(C(F)(F)F)n(C)c2=O)c(F)cc1Cl)c1ccccc1. The Morgan fingerprint density at radius 3 is 2.28 bits per heavy atom. The van der Waals surface area contributed by atoms with E-state index >= 15 is 0 Å². The molecule has 0 saturated carbocycles. The molecule has 168 valence electrons. The summed E-state index contributed by atoms with van der Waals surface area (Å²) in [6, 6.07) is 10.8. The highest BCUT2D eigenvalue weighted by Gasteiger charge is 2.35. The predicted octanol–water partition coefficient (Wildman–Crippen LogP) is 4.77. The molecule has 1 aromatic heterocycles.